The summed E-state index contributed by atoms with van der Waals surface area (Å²) in [5, 5.41) is 3.67. The largest absolute Gasteiger partial charge is 0.341 e. The molecule has 3 heterocycles. The van der Waals surface area contributed by atoms with Crippen molar-refractivity contribution in [2.24, 2.45) is 0 Å². The lowest BCUT2D eigenvalue weighted by molar-refractivity contribution is 0.153. The van der Waals surface area contributed by atoms with Crippen molar-refractivity contribution in [2.45, 2.75) is 63.7 Å². The summed E-state index contributed by atoms with van der Waals surface area (Å²) in [7, 11) is 0. The van der Waals surface area contributed by atoms with Gasteiger partial charge in [-0.3, -0.25) is 9.88 Å². The second kappa shape index (κ2) is 9.69. The molecule has 1 saturated heterocycles. The normalized spacial score (nSPS) is 20.5. The van der Waals surface area contributed by atoms with Crippen LogP contribution in [0.3, 0.4) is 0 Å². The molecule has 4 aromatic rings. The molecule has 0 radical (unpaired) electrons. The van der Waals surface area contributed by atoms with Crippen molar-refractivity contribution in [3.63, 3.8) is 0 Å². The Kier molecular flexibility index (Phi) is 6.13. The number of piperidine rings is 1. The number of H-pyrrole nitrogens is 1. The first kappa shape index (κ1) is 21.5. The zero-order valence-electron chi connectivity index (χ0n) is 19.7. The van der Waals surface area contributed by atoms with Crippen LogP contribution in [0.2, 0.25) is 0 Å². The van der Waals surface area contributed by atoms with Crippen LogP contribution in [0, 0.1) is 0 Å². The summed E-state index contributed by atoms with van der Waals surface area (Å²) >= 11 is 0. The molecule has 34 heavy (non-hydrogen) atoms. The maximum absolute atomic E-state index is 4.89. The van der Waals surface area contributed by atoms with E-state index in [-0.39, 0.29) is 0 Å². The maximum atomic E-state index is 4.89. The first-order valence-corrected chi connectivity index (χ1v) is 12.8. The van der Waals surface area contributed by atoms with Crippen LogP contribution in [0.4, 0.5) is 0 Å². The van der Waals surface area contributed by atoms with E-state index < -0.39 is 0 Å². The first-order valence-electron chi connectivity index (χ1n) is 12.8. The predicted octanol–water partition coefficient (Wildman–Crippen LogP) is 5.85. The van der Waals surface area contributed by atoms with Crippen LogP contribution >= 0.6 is 0 Å². The van der Waals surface area contributed by atoms with E-state index >= 15 is 0 Å². The van der Waals surface area contributed by atoms with Crippen LogP contribution < -0.4 is 5.32 Å². The molecule has 1 aliphatic carbocycles. The van der Waals surface area contributed by atoms with Crippen molar-refractivity contribution in [2.75, 3.05) is 6.54 Å². The van der Waals surface area contributed by atoms with Gasteiger partial charge in [0.2, 0.25) is 0 Å². The number of pyridine rings is 1. The molecule has 1 fully saturated rings. The smallest absolute Gasteiger partial charge is 0.121 e. The van der Waals surface area contributed by atoms with E-state index in [1.807, 2.05) is 6.20 Å². The number of hydrogen-bond donors (Lipinski definition) is 2. The van der Waals surface area contributed by atoms with E-state index in [2.05, 4.69) is 75.9 Å². The fourth-order valence-electron chi connectivity index (χ4n) is 5.72. The molecular formula is C29H33N5. The maximum Gasteiger partial charge on any atom is 0.121 e. The molecule has 1 aliphatic heterocycles. The van der Waals surface area contributed by atoms with Gasteiger partial charge in [0.05, 0.1) is 29.3 Å². The average molecular weight is 452 g/mol. The highest BCUT2D eigenvalue weighted by molar-refractivity contribution is 5.74. The van der Waals surface area contributed by atoms with E-state index in [9.17, 15) is 0 Å². The van der Waals surface area contributed by atoms with Gasteiger partial charge in [-0.1, -0.05) is 48.9 Å². The van der Waals surface area contributed by atoms with Crippen LogP contribution in [-0.4, -0.2) is 26.4 Å². The van der Waals surface area contributed by atoms with Gasteiger partial charge in [0.1, 0.15) is 5.82 Å². The summed E-state index contributed by atoms with van der Waals surface area (Å²) < 4.78 is 0. The molecule has 174 valence electrons. The molecule has 2 aliphatic rings. The lowest BCUT2D eigenvalue weighted by Gasteiger charge is -2.34. The van der Waals surface area contributed by atoms with Crippen molar-refractivity contribution < 1.29 is 0 Å². The van der Waals surface area contributed by atoms with Gasteiger partial charge in [0, 0.05) is 18.8 Å². The number of imidazole rings is 1. The number of rotatable bonds is 6. The summed E-state index contributed by atoms with van der Waals surface area (Å²) in [4.78, 5) is 15.8. The van der Waals surface area contributed by atoms with E-state index in [1.54, 1.807) is 0 Å². The molecule has 2 unspecified atom stereocenters. The van der Waals surface area contributed by atoms with Crippen molar-refractivity contribution in [3.05, 3.63) is 95.1 Å². The van der Waals surface area contributed by atoms with Crippen molar-refractivity contribution in [3.8, 4) is 0 Å². The van der Waals surface area contributed by atoms with Gasteiger partial charge < -0.3 is 10.3 Å². The summed E-state index contributed by atoms with van der Waals surface area (Å²) in [6.07, 6.45) is 9.26. The third-order valence-electron chi connectivity index (χ3n) is 7.48. The standard InChI is InChI=1S/C29H33N5/c1-2-11-26-25(10-1)32-28(33-26)20-34(27-12-5-7-23-8-6-18-31-29(23)27)19-21-13-15-22(16-14-21)24-9-3-4-17-30-24/h1-2,6,8,10-11,13-16,18,24,27,30H,3-5,7,9,12,17,19-20H2,(H,32,33). The van der Waals surface area contributed by atoms with Gasteiger partial charge >= 0.3 is 0 Å². The number of hydrogen-bond acceptors (Lipinski definition) is 4. The third-order valence-corrected chi connectivity index (χ3v) is 7.48. The monoisotopic (exact) mass is 451 g/mol. The van der Waals surface area contributed by atoms with Crippen LogP contribution in [0.1, 0.15) is 72.4 Å². The van der Waals surface area contributed by atoms with Gasteiger partial charge in [-0.2, -0.15) is 0 Å². The number of aromatic nitrogens is 3. The van der Waals surface area contributed by atoms with E-state index in [0.29, 0.717) is 12.1 Å². The molecule has 2 aromatic heterocycles. The summed E-state index contributed by atoms with van der Waals surface area (Å²) in [6, 6.07) is 22.7. The first-order chi connectivity index (χ1) is 16.8. The molecule has 0 amide bonds. The summed E-state index contributed by atoms with van der Waals surface area (Å²) in [6.45, 7) is 2.79. The Morgan fingerprint density at radius 2 is 1.79 bits per heavy atom. The zero-order valence-corrected chi connectivity index (χ0v) is 19.7. The van der Waals surface area contributed by atoms with E-state index in [0.717, 1.165) is 49.3 Å². The number of aryl methyl sites for hydroxylation is 1. The molecule has 2 N–H and O–H groups in total. The zero-order chi connectivity index (χ0) is 22.7. The van der Waals surface area contributed by atoms with Gasteiger partial charge in [0.25, 0.3) is 0 Å². The van der Waals surface area contributed by atoms with Crippen LogP contribution in [-0.2, 0) is 19.5 Å². The molecule has 0 spiro atoms. The Morgan fingerprint density at radius 3 is 2.65 bits per heavy atom. The number of nitrogens with one attached hydrogen (secondary N) is 2. The Morgan fingerprint density at radius 1 is 0.882 bits per heavy atom. The van der Waals surface area contributed by atoms with Gasteiger partial charge in [-0.05, 0) is 73.5 Å². The fraction of sp³-hybridized carbons (Fsp3) is 0.379. The second-order valence-electron chi connectivity index (χ2n) is 9.81. The molecule has 6 rings (SSSR count). The quantitative estimate of drug-likeness (QED) is 0.386. The van der Waals surface area contributed by atoms with Crippen LogP contribution in [0.25, 0.3) is 11.0 Å². The minimum Gasteiger partial charge on any atom is -0.341 e. The minimum atomic E-state index is 0.304. The second-order valence-corrected chi connectivity index (χ2v) is 9.81. The van der Waals surface area contributed by atoms with Crippen molar-refractivity contribution in [1.29, 1.82) is 0 Å². The molecule has 2 aromatic carbocycles. The molecule has 5 nitrogen and oxygen atoms in total. The Balaban J connectivity index is 1.28. The molecule has 5 heteroatoms. The number of nitrogens with zero attached hydrogens (tertiary/aromatic N) is 3. The van der Waals surface area contributed by atoms with Crippen molar-refractivity contribution in [1.82, 2.24) is 25.2 Å². The van der Waals surface area contributed by atoms with Crippen LogP contribution in [0.15, 0.2) is 66.9 Å². The SMILES string of the molecule is c1cnc2c(c1)CCCC2N(Cc1ccc(C2CCCCN2)cc1)Cc1nc2ccccc2[nH]1. The highest BCUT2D eigenvalue weighted by Gasteiger charge is 2.28. The number of para-hydroxylation sites is 2. The lowest BCUT2D eigenvalue weighted by Crippen LogP contribution is -2.32. The summed E-state index contributed by atoms with van der Waals surface area (Å²) in [5.41, 5.74) is 7.53. The average Bonchev–Trinajstić information content (AvgIpc) is 3.31. The Labute approximate surface area is 201 Å². The number of fused-ring (bicyclic) bond motifs is 2. The van der Waals surface area contributed by atoms with Gasteiger partial charge in [0.15, 0.2) is 0 Å². The molecule has 2 atom stereocenters. The Bertz CT molecular complexity index is 1210. The predicted molar refractivity (Wildman–Crippen MR) is 136 cm³/mol. The van der Waals surface area contributed by atoms with Crippen molar-refractivity contribution >= 4 is 11.0 Å². The van der Waals surface area contributed by atoms with Gasteiger partial charge in [-0.25, -0.2) is 4.98 Å². The highest BCUT2D eigenvalue weighted by atomic mass is 15.2. The third kappa shape index (κ3) is 4.50. The van der Waals surface area contributed by atoms with E-state index in [1.165, 1.54) is 48.1 Å². The number of aromatic amines is 1. The molecule has 0 saturated carbocycles. The fourth-order valence-corrected chi connectivity index (χ4v) is 5.72. The Hall–Kier alpha value is -3.02. The highest BCUT2D eigenvalue weighted by Crippen LogP contribution is 2.35. The van der Waals surface area contributed by atoms with Gasteiger partial charge in [-0.15, -0.1) is 0 Å². The topological polar surface area (TPSA) is 56.8 Å². The lowest BCUT2D eigenvalue weighted by atomic mass is 9.90. The number of benzene rings is 2. The molecular weight excluding hydrogens is 418 g/mol. The minimum absolute atomic E-state index is 0.304. The molecule has 0 bridgehead atoms. The summed E-state index contributed by atoms with van der Waals surface area (Å²) in [5.74, 6) is 1.02. The van der Waals surface area contributed by atoms with E-state index in [4.69, 9.17) is 9.97 Å². The van der Waals surface area contributed by atoms with Crippen LogP contribution in [0.5, 0.6) is 0 Å².